The Morgan fingerprint density at radius 1 is 1.10 bits per heavy atom. The van der Waals surface area contributed by atoms with E-state index in [-0.39, 0.29) is 6.61 Å². The van der Waals surface area contributed by atoms with Gasteiger partial charge in [-0.15, -0.1) is 5.10 Å². The molecule has 0 saturated heterocycles. The molecule has 0 radical (unpaired) electrons. The van der Waals surface area contributed by atoms with Gasteiger partial charge in [-0.2, -0.15) is 0 Å². The first kappa shape index (κ1) is 15.7. The quantitative estimate of drug-likeness (QED) is 0.791. The molecule has 0 aliphatic carbocycles. The van der Waals surface area contributed by atoms with E-state index in [4.69, 9.17) is 0 Å². The predicted molar refractivity (Wildman–Crippen MR) is 85.0 cm³/mol. The zero-order valence-corrected chi connectivity index (χ0v) is 13.3. The molecule has 1 N–H and O–H groups in total. The Balaban J connectivity index is 2.27. The highest BCUT2D eigenvalue weighted by Crippen LogP contribution is 2.25. The van der Waals surface area contributed by atoms with Crippen molar-refractivity contribution in [1.29, 1.82) is 0 Å². The van der Waals surface area contributed by atoms with E-state index in [1.54, 1.807) is 0 Å². The molecule has 1 aromatic carbocycles. The third-order valence-electron chi connectivity index (χ3n) is 3.96. The van der Waals surface area contributed by atoms with Gasteiger partial charge in [0.25, 0.3) is 0 Å². The average molecular weight is 287 g/mol. The lowest BCUT2D eigenvalue weighted by molar-refractivity contribution is 0.277. The minimum absolute atomic E-state index is 0.0722. The van der Waals surface area contributed by atoms with Gasteiger partial charge >= 0.3 is 0 Å². The molecule has 0 aliphatic rings. The molecule has 0 saturated carbocycles. The van der Waals surface area contributed by atoms with Gasteiger partial charge in [0, 0.05) is 12.1 Å². The summed E-state index contributed by atoms with van der Waals surface area (Å²) >= 11 is 0. The van der Waals surface area contributed by atoms with Crippen molar-refractivity contribution in [2.45, 2.75) is 59.6 Å². The van der Waals surface area contributed by atoms with Crippen molar-refractivity contribution in [2.75, 3.05) is 0 Å². The zero-order valence-electron chi connectivity index (χ0n) is 13.3. The van der Waals surface area contributed by atoms with Crippen LogP contribution >= 0.6 is 0 Å². The van der Waals surface area contributed by atoms with Crippen LogP contribution in [0.1, 0.15) is 49.4 Å². The van der Waals surface area contributed by atoms with Gasteiger partial charge in [-0.3, -0.25) is 0 Å². The summed E-state index contributed by atoms with van der Waals surface area (Å²) in [6.45, 7) is 7.20. The Morgan fingerprint density at radius 3 is 2.57 bits per heavy atom. The average Bonchev–Trinajstić information content (AvgIpc) is 2.89. The molecule has 0 aliphatic heterocycles. The van der Waals surface area contributed by atoms with Gasteiger partial charge in [0.1, 0.15) is 5.69 Å². The minimum atomic E-state index is -0.0722. The van der Waals surface area contributed by atoms with E-state index in [9.17, 15) is 5.11 Å². The van der Waals surface area contributed by atoms with Crippen molar-refractivity contribution in [1.82, 2.24) is 15.0 Å². The van der Waals surface area contributed by atoms with Crippen LogP contribution in [-0.2, 0) is 13.2 Å². The standard InChI is InChI=1S/C17H25N3O/c1-4-5-6-7-10-20-17(16(12-21)18-19-20)15-9-8-13(2)14(3)11-15/h8-9,11,21H,4-7,10,12H2,1-3H3. The lowest BCUT2D eigenvalue weighted by Gasteiger charge is -2.09. The van der Waals surface area contributed by atoms with Crippen LogP contribution in [0.25, 0.3) is 11.3 Å². The fraction of sp³-hybridized carbons (Fsp3) is 0.529. The Bertz CT molecular complexity index is 590. The van der Waals surface area contributed by atoms with Gasteiger partial charge in [-0.25, -0.2) is 4.68 Å². The van der Waals surface area contributed by atoms with E-state index in [0.29, 0.717) is 5.69 Å². The normalized spacial score (nSPS) is 11.0. The van der Waals surface area contributed by atoms with Crippen LogP contribution in [0.15, 0.2) is 18.2 Å². The van der Waals surface area contributed by atoms with Gasteiger partial charge in [-0.05, 0) is 37.5 Å². The molecular weight excluding hydrogens is 262 g/mol. The number of hydrogen-bond acceptors (Lipinski definition) is 3. The van der Waals surface area contributed by atoms with Crippen LogP contribution in [-0.4, -0.2) is 20.1 Å². The van der Waals surface area contributed by atoms with Gasteiger partial charge in [0.05, 0.1) is 12.3 Å². The molecule has 1 heterocycles. The van der Waals surface area contributed by atoms with Crippen molar-refractivity contribution < 1.29 is 5.11 Å². The number of rotatable bonds is 7. The number of aliphatic hydroxyl groups excluding tert-OH is 1. The first-order valence-electron chi connectivity index (χ1n) is 7.78. The summed E-state index contributed by atoms with van der Waals surface area (Å²) in [7, 11) is 0. The molecular formula is C17H25N3O. The number of aryl methyl sites for hydroxylation is 3. The Labute approximate surface area is 126 Å². The molecule has 0 unspecified atom stereocenters. The third-order valence-corrected chi connectivity index (χ3v) is 3.96. The predicted octanol–water partition coefficient (Wildman–Crippen LogP) is 3.63. The molecule has 114 valence electrons. The largest absolute Gasteiger partial charge is 0.390 e. The van der Waals surface area contributed by atoms with E-state index in [1.807, 2.05) is 4.68 Å². The number of nitrogens with zero attached hydrogens (tertiary/aromatic N) is 3. The Morgan fingerprint density at radius 2 is 1.90 bits per heavy atom. The van der Waals surface area contributed by atoms with Crippen LogP contribution in [0.5, 0.6) is 0 Å². The number of hydrogen-bond donors (Lipinski definition) is 1. The first-order chi connectivity index (χ1) is 10.2. The van der Waals surface area contributed by atoms with E-state index in [0.717, 1.165) is 24.2 Å². The lowest BCUT2D eigenvalue weighted by atomic mass is 10.0. The molecule has 0 fully saturated rings. The van der Waals surface area contributed by atoms with Crippen molar-refractivity contribution in [3.63, 3.8) is 0 Å². The maximum Gasteiger partial charge on any atom is 0.116 e. The summed E-state index contributed by atoms with van der Waals surface area (Å²) in [6.07, 6.45) is 4.78. The minimum Gasteiger partial charge on any atom is -0.390 e. The number of benzene rings is 1. The second-order valence-electron chi connectivity index (χ2n) is 5.63. The molecule has 1 aromatic heterocycles. The van der Waals surface area contributed by atoms with Crippen LogP contribution in [0, 0.1) is 13.8 Å². The van der Waals surface area contributed by atoms with E-state index in [2.05, 4.69) is 49.3 Å². The molecule has 0 amide bonds. The summed E-state index contributed by atoms with van der Waals surface area (Å²) in [6, 6.07) is 6.35. The summed E-state index contributed by atoms with van der Waals surface area (Å²) in [4.78, 5) is 0. The first-order valence-corrected chi connectivity index (χ1v) is 7.78. The van der Waals surface area contributed by atoms with Crippen LogP contribution in [0.4, 0.5) is 0 Å². The monoisotopic (exact) mass is 287 g/mol. The van der Waals surface area contributed by atoms with Gasteiger partial charge < -0.3 is 5.11 Å². The van der Waals surface area contributed by atoms with E-state index in [1.165, 1.54) is 30.4 Å². The highest BCUT2D eigenvalue weighted by Gasteiger charge is 2.14. The van der Waals surface area contributed by atoms with Crippen molar-refractivity contribution in [3.05, 3.63) is 35.0 Å². The van der Waals surface area contributed by atoms with Gasteiger partial charge in [0.2, 0.25) is 0 Å². The lowest BCUT2D eigenvalue weighted by Crippen LogP contribution is -2.04. The van der Waals surface area contributed by atoms with Gasteiger partial charge in [-0.1, -0.05) is 43.5 Å². The van der Waals surface area contributed by atoms with Crippen molar-refractivity contribution in [3.8, 4) is 11.3 Å². The molecule has 21 heavy (non-hydrogen) atoms. The number of aliphatic hydroxyl groups is 1. The summed E-state index contributed by atoms with van der Waals surface area (Å²) in [5.41, 5.74) is 5.22. The topological polar surface area (TPSA) is 50.9 Å². The van der Waals surface area contributed by atoms with Crippen LogP contribution < -0.4 is 0 Å². The maximum atomic E-state index is 9.51. The molecule has 0 spiro atoms. The smallest absolute Gasteiger partial charge is 0.116 e. The molecule has 2 aromatic rings. The fourth-order valence-corrected chi connectivity index (χ4v) is 2.50. The Kier molecular flexibility index (Phi) is 5.51. The van der Waals surface area contributed by atoms with Crippen molar-refractivity contribution in [2.24, 2.45) is 0 Å². The fourth-order valence-electron chi connectivity index (χ4n) is 2.50. The summed E-state index contributed by atoms with van der Waals surface area (Å²) < 4.78 is 1.94. The third kappa shape index (κ3) is 3.70. The summed E-state index contributed by atoms with van der Waals surface area (Å²) in [5.74, 6) is 0. The second-order valence-corrected chi connectivity index (χ2v) is 5.63. The van der Waals surface area contributed by atoms with E-state index < -0.39 is 0 Å². The van der Waals surface area contributed by atoms with Crippen LogP contribution in [0.3, 0.4) is 0 Å². The maximum absolute atomic E-state index is 9.51. The highest BCUT2D eigenvalue weighted by molar-refractivity contribution is 5.63. The molecule has 4 heteroatoms. The molecule has 0 bridgehead atoms. The van der Waals surface area contributed by atoms with E-state index >= 15 is 0 Å². The Hall–Kier alpha value is -1.68. The molecule has 2 rings (SSSR count). The highest BCUT2D eigenvalue weighted by atomic mass is 16.3. The summed E-state index contributed by atoms with van der Waals surface area (Å²) in [5, 5.41) is 17.9. The van der Waals surface area contributed by atoms with Gasteiger partial charge in [0.15, 0.2) is 0 Å². The van der Waals surface area contributed by atoms with Crippen LogP contribution in [0.2, 0.25) is 0 Å². The number of unbranched alkanes of at least 4 members (excludes halogenated alkanes) is 3. The SMILES string of the molecule is CCCCCCn1nnc(CO)c1-c1ccc(C)c(C)c1. The zero-order chi connectivity index (χ0) is 15.2. The molecule has 4 nitrogen and oxygen atoms in total. The molecule has 0 atom stereocenters. The number of aromatic nitrogens is 3. The van der Waals surface area contributed by atoms with Crippen molar-refractivity contribution >= 4 is 0 Å². The second kappa shape index (κ2) is 7.36.